The molecule has 0 saturated carbocycles. The maximum Gasteiger partial charge on any atom is 0.192 e. The number of hydrogen-bond acceptors (Lipinski definition) is 4. The van der Waals surface area contributed by atoms with Crippen LogP contribution in [0, 0.1) is 11.8 Å². The van der Waals surface area contributed by atoms with E-state index in [9.17, 15) is 5.11 Å². The summed E-state index contributed by atoms with van der Waals surface area (Å²) in [5.74, 6) is 3.43. The van der Waals surface area contributed by atoms with Crippen molar-refractivity contribution in [3.8, 4) is 0 Å². The second kappa shape index (κ2) is 9.49. The molecule has 0 aromatic carbocycles. The van der Waals surface area contributed by atoms with Crippen LogP contribution < -0.4 is 0 Å². The SMILES string of the molecule is C=C(CO[Si](C)(C)C(C)(C)C)C(O)[C@@H](C)C[C@@H](C)C1SCCCS1. The smallest absolute Gasteiger partial charge is 0.192 e. The number of aliphatic hydroxyl groups is 1. The molecule has 1 unspecified atom stereocenters. The zero-order chi connectivity index (χ0) is 18.5. The summed E-state index contributed by atoms with van der Waals surface area (Å²) in [5, 5.41) is 10.8. The van der Waals surface area contributed by atoms with E-state index in [2.05, 4.69) is 77.8 Å². The van der Waals surface area contributed by atoms with Gasteiger partial charge in [0.05, 0.1) is 17.3 Å². The van der Waals surface area contributed by atoms with Gasteiger partial charge in [-0.1, -0.05) is 41.2 Å². The summed E-state index contributed by atoms with van der Waals surface area (Å²) < 4.78 is 6.90. The Morgan fingerprint density at radius 1 is 1.25 bits per heavy atom. The van der Waals surface area contributed by atoms with E-state index in [1.54, 1.807) is 0 Å². The zero-order valence-electron chi connectivity index (χ0n) is 16.7. The summed E-state index contributed by atoms with van der Waals surface area (Å²) in [6, 6.07) is 0. The second-order valence-electron chi connectivity index (χ2n) is 8.81. The maximum atomic E-state index is 10.7. The van der Waals surface area contributed by atoms with E-state index in [0.29, 0.717) is 17.1 Å². The molecule has 0 aliphatic carbocycles. The molecule has 1 rings (SSSR count). The van der Waals surface area contributed by atoms with Gasteiger partial charge in [-0.25, -0.2) is 0 Å². The molecule has 3 atom stereocenters. The highest BCUT2D eigenvalue weighted by atomic mass is 32.2. The minimum atomic E-state index is -1.79. The molecule has 1 aliphatic rings. The molecule has 24 heavy (non-hydrogen) atoms. The lowest BCUT2D eigenvalue weighted by atomic mass is 9.90. The molecule has 1 fully saturated rings. The summed E-state index contributed by atoms with van der Waals surface area (Å²) >= 11 is 4.18. The topological polar surface area (TPSA) is 29.5 Å². The Hall–Kier alpha value is 0.577. The van der Waals surface area contributed by atoms with Gasteiger partial charge in [0.25, 0.3) is 0 Å². The first kappa shape index (κ1) is 22.6. The van der Waals surface area contributed by atoms with Gasteiger partial charge in [0.15, 0.2) is 8.32 Å². The molecular formula is C19H38O2S2Si. The van der Waals surface area contributed by atoms with Crippen LogP contribution in [0.3, 0.4) is 0 Å². The third kappa shape index (κ3) is 6.71. The van der Waals surface area contributed by atoms with Crippen LogP contribution in [-0.2, 0) is 4.43 Å². The largest absolute Gasteiger partial charge is 0.413 e. The Labute approximate surface area is 159 Å². The Morgan fingerprint density at radius 3 is 2.29 bits per heavy atom. The quantitative estimate of drug-likeness (QED) is 0.420. The van der Waals surface area contributed by atoms with Crippen LogP contribution in [-0.4, -0.2) is 42.2 Å². The van der Waals surface area contributed by atoms with Gasteiger partial charge >= 0.3 is 0 Å². The van der Waals surface area contributed by atoms with Crippen molar-refractivity contribution in [1.82, 2.24) is 0 Å². The van der Waals surface area contributed by atoms with E-state index in [1.165, 1.54) is 17.9 Å². The summed E-state index contributed by atoms with van der Waals surface area (Å²) in [6.45, 7) is 20.3. The lowest BCUT2D eigenvalue weighted by Gasteiger charge is -2.37. The fourth-order valence-electron chi connectivity index (χ4n) is 2.64. The molecule has 1 aliphatic heterocycles. The third-order valence-corrected chi connectivity index (χ3v) is 13.4. The summed E-state index contributed by atoms with van der Waals surface area (Å²) in [5.41, 5.74) is 0.837. The minimum absolute atomic E-state index is 0.188. The monoisotopic (exact) mass is 390 g/mol. The van der Waals surface area contributed by atoms with E-state index in [1.807, 2.05) is 0 Å². The molecule has 2 nitrogen and oxygen atoms in total. The first-order valence-corrected chi connectivity index (χ1v) is 14.2. The van der Waals surface area contributed by atoms with Crippen molar-refractivity contribution in [3.63, 3.8) is 0 Å². The molecule has 1 saturated heterocycles. The van der Waals surface area contributed by atoms with Gasteiger partial charge < -0.3 is 9.53 Å². The number of rotatable bonds is 8. The lowest BCUT2D eigenvalue weighted by Crippen LogP contribution is -2.42. The molecule has 0 spiro atoms. The first-order valence-electron chi connectivity index (χ1n) is 9.18. The van der Waals surface area contributed by atoms with Crippen LogP contribution >= 0.6 is 23.5 Å². The molecule has 0 aromatic heterocycles. The second-order valence-corrected chi connectivity index (χ2v) is 16.4. The van der Waals surface area contributed by atoms with E-state index < -0.39 is 14.4 Å². The van der Waals surface area contributed by atoms with Crippen molar-refractivity contribution in [2.24, 2.45) is 11.8 Å². The molecule has 5 heteroatoms. The highest BCUT2D eigenvalue weighted by Gasteiger charge is 2.37. The van der Waals surface area contributed by atoms with E-state index in [-0.39, 0.29) is 11.0 Å². The van der Waals surface area contributed by atoms with Gasteiger partial charge in [0, 0.05) is 0 Å². The highest BCUT2D eigenvalue weighted by Crippen LogP contribution is 2.39. The Balaban J connectivity index is 2.46. The third-order valence-electron chi connectivity index (χ3n) is 5.44. The number of aliphatic hydroxyl groups excluding tert-OH is 1. The molecule has 0 radical (unpaired) electrons. The van der Waals surface area contributed by atoms with E-state index in [0.717, 1.165) is 12.0 Å². The average Bonchev–Trinajstić information content (AvgIpc) is 2.51. The van der Waals surface area contributed by atoms with Crippen LogP contribution in [0.25, 0.3) is 0 Å². The van der Waals surface area contributed by atoms with Crippen molar-refractivity contribution < 1.29 is 9.53 Å². The first-order chi connectivity index (χ1) is 11.0. The zero-order valence-corrected chi connectivity index (χ0v) is 19.4. The Morgan fingerprint density at radius 2 is 1.79 bits per heavy atom. The molecule has 0 bridgehead atoms. The van der Waals surface area contributed by atoms with Crippen molar-refractivity contribution in [3.05, 3.63) is 12.2 Å². The number of hydrogen-bond donors (Lipinski definition) is 1. The maximum absolute atomic E-state index is 10.7. The van der Waals surface area contributed by atoms with Gasteiger partial charge in [-0.2, -0.15) is 0 Å². The van der Waals surface area contributed by atoms with Crippen LogP contribution in [0.1, 0.15) is 47.5 Å². The van der Waals surface area contributed by atoms with E-state index >= 15 is 0 Å². The molecule has 0 aromatic rings. The van der Waals surface area contributed by atoms with Crippen LogP contribution in [0.15, 0.2) is 12.2 Å². The standard InChI is InChI=1S/C19H38O2S2Si/c1-14(12-15(2)18-22-10-9-11-23-18)17(20)16(3)13-21-24(7,8)19(4,5)6/h14-15,17-18,20H,3,9-13H2,1-2,4-8H3/t14-,15+,17?/m0/s1. The molecule has 1 heterocycles. The predicted molar refractivity (Wildman–Crippen MR) is 115 cm³/mol. The van der Waals surface area contributed by atoms with Crippen LogP contribution in [0.4, 0.5) is 0 Å². The van der Waals surface area contributed by atoms with Gasteiger partial charge in [0.2, 0.25) is 0 Å². The Bertz CT molecular complexity index is 401. The highest BCUT2D eigenvalue weighted by molar-refractivity contribution is 8.17. The summed E-state index contributed by atoms with van der Waals surface area (Å²) in [4.78, 5) is 0. The molecule has 0 amide bonds. The van der Waals surface area contributed by atoms with Gasteiger partial charge in [-0.15, -0.1) is 23.5 Å². The van der Waals surface area contributed by atoms with Crippen molar-refractivity contribution in [1.29, 1.82) is 0 Å². The van der Waals surface area contributed by atoms with Crippen LogP contribution in [0.2, 0.25) is 18.1 Å². The van der Waals surface area contributed by atoms with E-state index in [4.69, 9.17) is 4.43 Å². The minimum Gasteiger partial charge on any atom is -0.413 e. The van der Waals surface area contributed by atoms with Gasteiger partial charge in [-0.3, -0.25) is 0 Å². The molecule has 142 valence electrons. The Kier molecular flexibility index (Phi) is 8.95. The van der Waals surface area contributed by atoms with Crippen LogP contribution in [0.5, 0.6) is 0 Å². The van der Waals surface area contributed by atoms with Crippen molar-refractivity contribution >= 4 is 31.8 Å². The molecule has 1 N–H and O–H groups in total. The normalized spacial score (nSPS) is 21.3. The van der Waals surface area contributed by atoms with Gasteiger partial charge in [0.1, 0.15) is 0 Å². The lowest BCUT2D eigenvalue weighted by molar-refractivity contribution is 0.124. The van der Waals surface area contributed by atoms with Gasteiger partial charge in [-0.05, 0) is 59.9 Å². The van der Waals surface area contributed by atoms with Crippen molar-refractivity contribution in [2.75, 3.05) is 18.1 Å². The fourth-order valence-corrected chi connectivity index (χ4v) is 6.73. The summed E-state index contributed by atoms with van der Waals surface area (Å²) in [7, 11) is -1.79. The number of thioether (sulfide) groups is 2. The average molecular weight is 391 g/mol. The molecular weight excluding hydrogens is 352 g/mol. The van der Waals surface area contributed by atoms with Crippen molar-refractivity contribution in [2.45, 2.75) is 76.3 Å². The predicted octanol–water partition coefficient (Wildman–Crippen LogP) is 5.78. The fraction of sp³-hybridized carbons (Fsp3) is 0.895. The summed E-state index contributed by atoms with van der Waals surface area (Å²) in [6.07, 6.45) is 1.92.